The van der Waals surface area contributed by atoms with Crippen LogP contribution in [0.1, 0.15) is 46.1 Å². The Hall–Kier alpha value is -1.94. The predicted octanol–water partition coefficient (Wildman–Crippen LogP) is 1.41. The van der Waals surface area contributed by atoms with E-state index in [1.54, 1.807) is 0 Å². The van der Waals surface area contributed by atoms with Gasteiger partial charge in [0.05, 0.1) is 6.23 Å². The van der Waals surface area contributed by atoms with Crippen molar-refractivity contribution in [3.05, 3.63) is 35.9 Å². The maximum Gasteiger partial charge on any atom is 0.436 e. The first-order chi connectivity index (χ1) is 13.6. The molecule has 1 rings (SSSR count). The molecule has 0 aliphatic heterocycles. The normalized spacial score (nSPS) is 13.8. The molecule has 1 aromatic rings. The van der Waals surface area contributed by atoms with Crippen molar-refractivity contribution in [2.45, 2.75) is 58.9 Å². The second-order valence-corrected chi connectivity index (χ2v) is 7.58. The van der Waals surface area contributed by atoms with Crippen LogP contribution in [0.4, 0.5) is 0 Å². The van der Waals surface area contributed by atoms with Crippen molar-refractivity contribution in [2.75, 3.05) is 7.05 Å². The lowest BCUT2D eigenvalue weighted by Crippen LogP contribution is -2.58. The van der Waals surface area contributed by atoms with Crippen molar-refractivity contribution in [1.29, 1.82) is 0 Å². The van der Waals surface area contributed by atoms with E-state index in [1.165, 1.54) is 7.05 Å². The minimum absolute atomic E-state index is 0.0443. The van der Waals surface area contributed by atoms with Gasteiger partial charge in [0, 0.05) is 0 Å². The Kier molecular flexibility index (Phi) is 13.2. The summed E-state index contributed by atoms with van der Waals surface area (Å²) >= 11 is 0. The molecule has 0 saturated heterocycles. The van der Waals surface area contributed by atoms with Crippen LogP contribution in [0.25, 0.3) is 0 Å². The van der Waals surface area contributed by atoms with Gasteiger partial charge in [0.15, 0.2) is 0 Å². The van der Waals surface area contributed by atoms with Gasteiger partial charge in [-0.15, -0.1) is 0 Å². The largest absolute Gasteiger partial charge is 0.479 e. The van der Waals surface area contributed by atoms with Gasteiger partial charge in [-0.3, -0.25) is 5.32 Å². The third-order valence-corrected chi connectivity index (χ3v) is 4.06. The molecular weight excluding hydrogens is 375 g/mol. The molecule has 0 aromatic heterocycles. The fourth-order valence-electron chi connectivity index (χ4n) is 2.66. The fourth-order valence-corrected chi connectivity index (χ4v) is 2.66. The van der Waals surface area contributed by atoms with Gasteiger partial charge in [0.2, 0.25) is 5.54 Å². The summed E-state index contributed by atoms with van der Waals surface area (Å²) in [5.74, 6) is -1.41. The lowest BCUT2D eigenvalue weighted by atomic mass is 9.89. The molecule has 2 atom stereocenters. The molecule has 0 fully saturated rings. The van der Waals surface area contributed by atoms with Crippen LogP contribution in [0.3, 0.4) is 0 Å². The Morgan fingerprint density at radius 1 is 1.17 bits per heavy atom. The molecule has 0 bridgehead atoms. The predicted molar refractivity (Wildman–Crippen MR) is 113 cm³/mol. The highest BCUT2D eigenvalue weighted by atomic mass is 16.5. The number of rotatable bonds is 11. The molecule has 0 radical (unpaired) electrons. The number of hydrogen-bond donors (Lipinski definition) is 4. The van der Waals surface area contributed by atoms with E-state index in [2.05, 4.69) is 23.8 Å². The van der Waals surface area contributed by atoms with Gasteiger partial charge < -0.3 is 25.3 Å². The number of ether oxygens (including phenoxy) is 1. The Balaban J connectivity index is 0.000000734. The van der Waals surface area contributed by atoms with Gasteiger partial charge in [-0.25, -0.2) is 9.59 Å². The molecule has 0 aliphatic rings. The van der Waals surface area contributed by atoms with Gasteiger partial charge in [-0.2, -0.15) is 0 Å². The molecule has 0 amide bonds. The van der Waals surface area contributed by atoms with Crippen LogP contribution in [0.2, 0.25) is 0 Å². The van der Waals surface area contributed by atoms with Gasteiger partial charge in [0.25, 0.3) is 0 Å². The quantitative estimate of drug-likeness (QED) is 0.186. The third kappa shape index (κ3) is 10.4. The maximum atomic E-state index is 12.2. The summed E-state index contributed by atoms with van der Waals surface area (Å²) in [7, 11) is 1.17. The zero-order valence-corrected chi connectivity index (χ0v) is 18.1. The summed E-state index contributed by atoms with van der Waals surface area (Å²) in [5.41, 5.74) is 4.53. The summed E-state index contributed by atoms with van der Waals surface area (Å²) in [4.78, 5) is 23.7. The molecule has 0 saturated carbocycles. The van der Waals surface area contributed by atoms with E-state index in [-0.39, 0.29) is 32.9 Å². The highest BCUT2D eigenvalue weighted by Gasteiger charge is 2.47. The van der Waals surface area contributed by atoms with Crippen LogP contribution in [-0.2, 0) is 25.6 Å². The molecule has 5 N–H and O–H groups in total. The molecule has 1 aromatic carbocycles. The second-order valence-electron chi connectivity index (χ2n) is 7.58. The first-order valence-corrected chi connectivity index (χ1v) is 9.70. The van der Waals surface area contributed by atoms with E-state index in [1.807, 2.05) is 44.2 Å². The number of carbonyl (C=O) groups is 2. The van der Waals surface area contributed by atoms with Crippen molar-refractivity contribution < 1.29 is 29.1 Å². The van der Waals surface area contributed by atoms with Crippen molar-refractivity contribution in [3.8, 4) is 0 Å². The number of carboxylic acid groups (broad SMARTS) is 1. The van der Waals surface area contributed by atoms with Crippen molar-refractivity contribution in [2.24, 2.45) is 17.6 Å². The standard InChI is InChI=1S/C15H21NO4.C5H14BNO2/c1-11(2)9-15(16-3,13(17)18)14(19)20-10-12-7-5-4-6-8-12;1-4(2)3-5(7)9-6-8/h4-8,11,16H,9-10H2,1-3H3,(H,17,18);4-6,8H,3,7H2,1-2H3/t15-;5-/m01/s1. The SMILES string of the molecule is CC(C)C[C@H](N)OBO.CN[C@@](CC(C)C)(C(=O)O)C(=O)OCc1ccccc1. The summed E-state index contributed by atoms with van der Waals surface area (Å²) in [6.07, 6.45) is 0.655. The monoisotopic (exact) mass is 410 g/mol. The van der Waals surface area contributed by atoms with Crippen LogP contribution in [-0.4, -0.2) is 48.6 Å². The van der Waals surface area contributed by atoms with E-state index in [0.29, 0.717) is 5.92 Å². The van der Waals surface area contributed by atoms with Gasteiger partial charge in [-0.05, 0) is 37.3 Å². The molecule has 0 spiro atoms. The lowest BCUT2D eigenvalue weighted by molar-refractivity contribution is -0.165. The van der Waals surface area contributed by atoms with Crippen LogP contribution >= 0.6 is 0 Å². The zero-order chi connectivity index (χ0) is 22.4. The zero-order valence-electron chi connectivity index (χ0n) is 18.1. The molecule has 0 heterocycles. The van der Waals surface area contributed by atoms with Crippen LogP contribution in [0.15, 0.2) is 30.3 Å². The average Bonchev–Trinajstić information content (AvgIpc) is 2.64. The number of carbonyl (C=O) groups excluding carboxylic acids is 1. The lowest BCUT2D eigenvalue weighted by Gasteiger charge is -2.28. The number of hydrogen-bond acceptors (Lipinski definition) is 7. The molecule has 29 heavy (non-hydrogen) atoms. The van der Waals surface area contributed by atoms with Crippen molar-refractivity contribution >= 4 is 19.6 Å². The molecule has 0 aliphatic carbocycles. The van der Waals surface area contributed by atoms with Gasteiger partial charge in [-0.1, -0.05) is 58.0 Å². The summed E-state index contributed by atoms with van der Waals surface area (Å²) in [6.45, 7) is 7.90. The van der Waals surface area contributed by atoms with Crippen LogP contribution in [0.5, 0.6) is 0 Å². The number of esters is 1. The topological polar surface area (TPSA) is 131 Å². The van der Waals surface area contributed by atoms with Gasteiger partial charge >= 0.3 is 19.6 Å². The van der Waals surface area contributed by atoms with E-state index in [4.69, 9.17) is 15.5 Å². The number of likely N-dealkylation sites (N-methyl/N-ethyl adjacent to an activating group) is 1. The average molecular weight is 410 g/mol. The van der Waals surface area contributed by atoms with Crippen molar-refractivity contribution in [1.82, 2.24) is 5.32 Å². The summed E-state index contributed by atoms with van der Waals surface area (Å²) in [5, 5.41) is 20.2. The molecule has 164 valence electrons. The van der Waals surface area contributed by atoms with Crippen LogP contribution in [0, 0.1) is 11.8 Å². The maximum absolute atomic E-state index is 12.2. The number of nitrogens with one attached hydrogen (secondary N) is 1. The van der Waals surface area contributed by atoms with Gasteiger partial charge in [0.1, 0.15) is 6.61 Å². The molecule has 0 unspecified atom stereocenters. The van der Waals surface area contributed by atoms with E-state index < -0.39 is 17.5 Å². The minimum atomic E-state index is -1.69. The highest BCUT2D eigenvalue weighted by molar-refractivity contribution is 6.15. The highest BCUT2D eigenvalue weighted by Crippen LogP contribution is 2.20. The Morgan fingerprint density at radius 3 is 2.17 bits per heavy atom. The van der Waals surface area contributed by atoms with E-state index in [0.717, 1.165) is 12.0 Å². The smallest absolute Gasteiger partial charge is 0.436 e. The molecule has 9 heteroatoms. The Bertz CT molecular complexity index is 600. The number of benzene rings is 1. The minimum Gasteiger partial charge on any atom is -0.479 e. The van der Waals surface area contributed by atoms with Crippen LogP contribution < -0.4 is 11.1 Å². The first kappa shape index (κ1) is 27.1. The summed E-state index contributed by atoms with van der Waals surface area (Å²) < 4.78 is 9.85. The Labute approximate surface area is 174 Å². The third-order valence-electron chi connectivity index (χ3n) is 4.06. The number of carboxylic acids is 1. The number of nitrogens with two attached hydrogens (primary N) is 1. The van der Waals surface area contributed by atoms with Crippen molar-refractivity contribution in [3.63, 3.8) is 0 Å². The summed E-state index contributed by atoms with van der Waals surface area (Å²) in [6, 6.07) is 9.16. The second kappa shape index (κ2) is 14.1. The molecule has 8 nitrogen and oxygen atoms in total. The molecular formula is C20H35BN2O6. The Morgan fingerprint density at radius 2 is 1.76 bits per heavy atom. The fraction of sp³-hybridized carbons (Fsp3) is 0.600. The van der Waals surface area contributed by atoms with E-state index in [9.17, 15) is 14.7 Å². The number of aliphatic carboxylic acids is 1. The first-order valence-electron chi connectivity index (χ1n) is 9.70. The van der Waals surface area contributed by atoms with E-state index >= 15 is 0 Å².